The molecule has 0 aliphatic carbocycles. The van der Waals surface area contributed by atoms with E-state index >= 15 is 0 Å². The smallest absolute Gasteiger partial charge is 0.246 e. The lowest BCUT2D eigenvalue weighted by Crippen LogP contribution is -2.54. The number of rotatable bonds is 11. The van der Waals surface area contributed by atoms with Crippen molar-refractivity contribution in [1.82, 2.24) is 10.6 Å². The van der Waals surface area contributed by atoms with E-state index in [9.17, 15) is 14.7 Å². The zero-order valence-electron chi connectivity index (χ0n) is 16.7. The second kappa shape index (κ2) is 11.5. The van der Waals surface area contributed by atoms with Crippen molar-refractivity contribution < 1.29 is 14.7 Å². The highest BCUT2D eigenvalue weighted by Crippen LogP contribution is 2.11. The quantitative estimate of drug-likeness (QED) is 0.447. The monoisotopic (exact) mass is 375 g/mol. The molecule has 4 N–H and O–H groups in total. The molecule has 0 radical (unpaired) electrons. The lowest BCUT2D eigenvalue weighted by Gasteiger charge is -2.26. The highest BCUT2D eigenvalue weighted by molar-refractivity contribution is 5.97. The van der Waals surface area contributed by atoms with Gasteiger partial charge in [-0.1, -0.05) is 52.0 Å². The van der Waals surface area contributed by atoms with Crippen LogP contribution in [-0.2, 0) is 9.59 Å². The zero-order chi connectivity index (χ0) is 20.4. The lowest BCUT2D eigenvalue weighted by atomic mass is 9.99. The van der Waals surface area contributed by atoms with Crippen molar-refractivity contribution in [3.63, 3.8) is 0 Å². The Bertz CT molecular complexity index is 602. The van der Waals surface area contributed by atoms with Crippen LogP contribution in [0.15, 0.2) is 43.0 Å². The Balaban J connectivity index is 2.81. The molecule has 2 amide bonds. The third kappa shape index (κ3) is 8.37. The number of aliphatic hydroxyl groups excluding tert-OH is 1. The first kappa shape index (κ1) is 22.9. The Morgan fingerprint density at radius 3 is 2.26 bits per heavy atom. The van der Waals surface area contributed by atoms with Crippen LogP contribution in [0.1, 0.15) is 34.1 Å². The van der Waals surface area contributed by atoms with Crippen LogP contribution in [0.4, 0.5) is 5.69 Å². The van der Waals surface area contributed by atoms with Gasteiger partial charge in [-0.25, -0.2) is 0 Å². The van der Waals surface area contributed by atoms with Crippen molar-refractivity contribution in [2.24, 2.45) is 11.8 Å². The van der Waals surface area contributed by atoms with E-state index in [0.29, 0.717) is 12.1 Å². The van der Waals surface area contributed by atoms with Crippen LogP contribution in [0, 0.1) is 11.8 Å². The standard InChI is InChI=1S/C21H33N3O3/c1-6-17(25)13-22-19(15(4)5)21(27)24-18(12-14(2)3)20(26)23-16-10-8-7-9-11-16/h6-11,14-15,17-19,22,25H,1,12-13H2,2-5H3,(H,23,26)(H,24,27)/t17-,18+,19+/m1/s1. The minimum Gasteiger partial charge on any atom is -0.388 e. The molecule has 0 fully saturated rings. The van der Waals surface area contributed by atoms with Crippen molar-refractivity contribution in [2.45, 2.75) is 52.3 Å². The van der Waals surface area contributed by atoms with Crippen molar-refractivity contribution in [3.8, 4) is 0 Å². The molecule has 150 valence electrons. The molecule has 0 aliphatic rings. The van der Waals surface area contributed by atoms with Crippen molar-refractivity contribution in [1.29, 1.82) is 0 Å². The van der Waals surface area contributed by atoms with E-state index in [1.54, 1.807) is 12.1 Å². The van der Waals surface area contributed by atoms with Gasteiger partial charge in [-0.05, 0) is 30.4 Å². The molecular weight excluding hydrogens is 342 g/mol. The third-order valence-corrected chi connectivity index (χ3v) is 4.15. The fraction of sp³-hybridized carbons (Fsp3) is 0.524. The van der Waals surface area contributed by atoms with E-state index in [1.807, 2.05) is 45.9 Å². The lowest BCUT2D eigenvalue weighted by molar-refractivity contribution is -0.129. The first-order valence-electron chi connectivity index (χ1n) is 9.44. The molecular formula is C21H33N3O3. The Morgan fingerprint density at radius 1 is 1.11 bits per heavy atom. The Hall–Kier alpha value is -2.18. The van der Waals surface area contributed by atoms with Gasteiger partial charge < -0.3 is 21.1 Å². The van der Waals surface area contributed by atoms with Gasteiger partial charge in [-0.2, -0.15) is 0 Å². The average molecular weight is 376 g/mol. The minimum atomic E-state index is -0.730. The molecule has 1 aromatic rings. The van der Waals surface area contributed by atoms with Gasteiger partial charge in [0.15, 0.2) is 0 Å². The van der Waals surface area contributed by atoms with Crippen molar-refractivity contribution >= 4 is 17.5 Å². The molecule has 0 saturated carbocycles. The summed E-state index contributed by atoms with van der Waals surface area (Å²) in [7, 11) is 0. The van der Waals surface area contributed by atoms with E-state index in [0.717, 1.165) is 0 Å². The average Bonchev–Trinajstić information content (AvgIpc) is 2.61. The Morgan fingerprint density at radius 2 is 1.74 bits per heavy atom. The van der Waals surface area contributed by atoms with E-state index in [4.69, 9.17) is 0 Å². The van der Waals surface area contributed by atoms with Crippen LogP contribution in [0.25, 0.3) is 0 Å². The molecule has 0 bridgehead atoms. The van der Waals surface area contributed by atoms with Crippen molar-refractivity contribution in [2.75, 3.05) is 11.9 Å². The van der Waals surface area contributed by atoms with Crippen LogP contribution >= 0.6 is 0 Å². The highest BCUT2D eigenvalue weighted by atomic mass is 16.3. The first-order valence-corrected chi connectivity index (χ1v) is 9.44. The zero-order valence-corrected chi connectivity index (χ0v) is 16.7. The number of nitrogens with one attached hydrogen (secondary N) is 3. The molecule has 0 heterocycles. The SMILES string of the molecule is C=C[C@@H](O)CN[C@H](C(=O)N[C@@H](CC(C)C)C(=O)Nc1ccccc1)C(C)C. The fourth-order valence-electron chi connectivity index (χ4n) is 2.68. The molecule has 6 nitrogen and oxygen atoms in total. The number of para-hydroxylation sites is 1. The summed E-state index contributed by atoms with van der Waals surface area (Å²) in [6.45, 7) is 11.6. The summed E-state index contributed by atoms with van der Waals surface area (Å²) in [5.41, 5.74) is 0.693. The summed E-state index contributed by atoms with van der Waals surface area (Å²) >= 11 is 0. The Labute approximate surface area is 162 Å². The number of hydrogen-bond donors (Lipinski definition) is 4. The number of benzene rings is 1. The van der Waals surface area contributed by atoms with Crippen LogP contribution < -0.4 is 16.0 Å². The predicted octanol–water partition coefficient (Wildman–Crippen LogP) is 2.32. The van der Waals surface area contributed by atoms with E-state index < -0.39 is 18.2 Å². The van der Waals surface area contributed by atoms with Crippen LogP contribution in [-0.4, -0.2) is 41.7 Å². The van der Waals surface area contributed by atoms with E-state index in [-0.39, 0.29) is 30.2 Å². The second-order valence-electron chi connectivity index (χ2n) is 7.48. The topological polar surface area (TPSA) is 90.5 Å². The van der Waals surface area contributed by atoms with Gasteiger partial charge in [0.1, 0.15) is 6.04 Å². The van der Waals surface area contributed by atoms with E-state index in [1.165, 1.54) is 6.08 Å². The molecule has 0 aromatic heterocycles. The molecule has 0 saturated heterocycles. The number of amides is 2. The van der Waals surface area contributed by atoms with Crippen LogP contribution in [0.2, 0.25) is 0 Å². The Kier molecular flexibility index (Phi) is 9.75. The van der Waals surface area contributed by atoms with Gasteiger partial charge in [-0.15, -0.1) is 6.58 Å². The maximum absolute atomic E-state index is 12.8. The molecule has 1 rings (SSSR count). The molecule has 1 aromatic carbocycles. The summed E-state index contributed by atoms with van der Waals surface area (Å²) in [4.78, 5) is 25.5. The first-order chi connectivity index (χ1) is 12.7. The number of anilines is 1. The number of carbonyl (C=O) groups excluding carboxylic acids is 2. The second-order valence-corrected chi connectivity index (χ2v) is 7.48. The number of hydrogen-bond acceptors (Lipinski definition) is 4. The molecule has 0 unspecified atom stereocenters. The van der Waals surface area contributed by atoms with Gasteiger partial charge in [0.2, 0.25) is 11.8 Å². The molecule has 6 heteroatoms. The summed E-state index contributed by atoms with van der Waals surface area (Å²) < 4.78 is 0. The maximum atomic E-state index is 12.8. The molecule has 3 atom stereocenters. The molecule has 0 aliphatic heterocycles. The molecule has 0 spiro atoms. The van der Waals surface area contributed by atoms with Gasteiger partial charge in [-0.3, -0.25) is 9.59 Å². The van der Waals surface area contributed by atoms with Gasteiger partial charge >= 0.3 is 0 Å². The van der Waals surface area contributed by atoms with Crippen LogP contribution in [0.5, 0.6) is 0 Å². The van der Waals surface area contributed by atoms with Crippen molar-refractivity contribution in [3.05, 3.63) is 43.0 Å². The summed E-state index contributed by atoms with van der Waals surface area (Å²) in [6, 6.07) is 8.02. The normalized spacial score (nSPS) is 14.5. The highest BCUT2D eigenvalue weighted by Gasteiger charge is 2.28. The third-order valence-electron chi connectivity index (χ3n) is 4.15. The molecule has 27 heavy (non-hydrogen) atoms. The predicted molar refractivity (Wildman–Crippen MR) is 109 cm³/mol. The number of carbonyl (C=O) groups is 2. The summed E-state index contributed by atoms with van der Waals surface area (Å²) in [6.07, 6.45) is 1.22. The van der Waals surface area contributed by atoms with Gasteiger partial charge in [0, 0.05) is 12.2 Å². The minimum absolute atomic E-state index is 0.00102. The van der Waals surface area contributed by atoms with Gasteiger partial charge in [0.05, 0.1) is 12.1 Å². The number of aliphatic hydroxyl groups is 1. The summed E-state index contributed by atoms with van der Waals surface area (Å²) in [5, 5.41) is 18.4. The largest absolute Gasteiger partial charge is 0.388 e. The summed E-state index contributed by atoms with van der Waals surface area (Å²) in [5.74, 6) is -0.254. The van der Waals surface area contributed by atoms with E-state index in [2.05, 4.69) is 22.5 Å². The van der Waals surface area contributed by atoms with Gasteiger partial charge in [0.25, 0.3) is 0 Å². The van der Waals surface area contributed by atoms with Crippen LogP contribution in [0.3, 0.4) is 0 Å². The fourth-order valence-corrected chi connectivity index (χ4v) is 2.68. The maximum Gasteiger partial charge on any atom is 0.246 e.